The largest absolute Gasteiger partial charge is 0.309 e. The van der Waals surface area contributed by atoms with Gasteiger partial charge in [-0.2, -0.15) is 9.97 Å². The van der Waals surface area contributed by atoms with Crippen LogP contribution in [0.25, 0.3) is 45.0 Å². The van der Waals surface area contributed by atoms with Gasteiger partial charge < -0.3 is 4.90 Å². The van der Waals surface area contributed by atoms with E-state index in [0.29, 0.717) is 23.4 Å². The van der Waals surface area contributed by atoms with Crippen molar-refractivity contribution in [3.63, 3.8) is 0 Å². The Kier molecular flexibility index (Phi) is 10.9. The molecular weight excluding hydrogens is 759 g/mol. The summed E-state index contributed by atoms with van der Waals surface area (Å²) in [4.78, 5) is 29.1. The minimum absolute atomic E-state index is 0.430. The Balaban J connectivity index is 1.23. The summed E-state index contributed by atoms with van der Waals surface area (Å²) in [6.45, 7) is 13.1. The van der Waals surface area contributed by atoms with Gasteiger partial charge in [-0.05, 0) is 135 Å². The molecule has 0 saturated heterocycles. The van der Waals surface area contributed by atoms with E-state index in [1.54, 1.807) is 12.5 Å². The Morgan fingerprint density at radius 1 is 0.371 bits per heavy atom. The molecule has 0 aliphatic heterocycles. The smallest absolute Gasteiger partial charge is 0.239 e. The topological polar surface area (TPSA) is 70.9 Å². The number of benzene rings is 7. The summed E-state index contributed by atoms with van der Waals surface area (Å²) >= 11 is 0. The molecule has 0 unspecified atom stereocenters. The molecule has 0 fully saturated rings. The van der Waals surface area contributed by atoms with Crippen LogP contribution >= 0.6 is 0 Å². The van der Waals surface area contributed by atoms with Gasteiger partial charge in [0.1, 0.15) is 12.1 Å². The van der Waals surface area contributed by atoms with Crippen molar-refractivity contribution >= 4 is 34.5 Å². The second-order valence-electron chi connectivity index (χ2n) is 15.9. The lowest BCUT2D eigenvalue weighted by atomic mass is 9.96. The first kappa shape index (κ1) is 39.7. The van der Waals surface area contributed by atoms with E-state index in [4.69, 9.17) is 19.9 Å². The highest BCUT2D eigenvalue weighted by Gasteiger charge is 2.24. The molecule has 7 heteroatoms. The molecule has 2 aromatic heterocycles. The van der Waals surface area contributed by atoms with Crippen molar-refractivity contribution in [2.45, 2.75) is 41.5 Å². The zero-order valence-electron chi connectivity index (χ0n) is 35.9. The summed E-state index contributed by atoms with van der Waals surface area (Å²) in [7, 11) is 0. The first-order chi connectivity index (χ1) is 30.2. The van der Waals surface area contributed by atoms with Crippen LogP contribution in [-0.4, -0.2) is 24.9 Å². The van der Waals surface area contributed by atoms with Gasteiger partial charge in [-0.15, -0.1) is 0 Å². The van der Waals surface area contributed by atoms with Crippen molar-refractivity contribution in [1.29, 1.82) is 0 Å². The fourth-order valence-electron chi connectivity index (χ4n) is 8.60. The highest BCUT2D eigenvalue weighted by molar-refractivity contribution is 5.86. The van der Waals surface area contributed by atoms with E-state index in [2.05, 4.69) is 167 Å². The third-order valence-corrected chi connectivity index (χ3v) is 11.1. The van der Waals surface area contributed by atoms with Gasteiger partial charge in [0.05, 0.1) is 17.1 Å². The van der Waals surface area contributed by atoms with Crippen LogP contribution in [0.1, 0.15) is 33.4 Å². The number of hydrogen-bond donors (Lipinski definition) is 0. The van der Waals surface area contributed by atoms with Gasteiger partial charge in [-0.25, -0.2) is 15.0 Å². The van der Waals surface area contributed by atoms with Crippen LogP contribution in [0.2, 0.25) is 0 Å². The Bertz CT molecular complexity index is 2850. The van der Waals surface area contributed by atoms with Crippen molar-refractivity contribution in [1.82, 2.24) is 24.9 Å². The lowest BCUT2D eigenvalue weighted by Crippen LogP contribution is -2.18. The molecule has 7 nitrogen and oxygen atoms in total. The van der Waals surface area contributed by atoms with Gasteiger partial charge in [-0.1, -0.05) is 126 Å². The normalized spacial score (nSPS) is 11.1. The summed E-state index contributed by atoms with van der Waals surface area (Å²) < 4.78 is 0. The van der Waals surface area contributed by atoms with Gasteiger partial charge in [0.2, 0.25) is 5.95 Å². The summed E-state index contributed by atoms with van der Waals surface area (Å²) in [5.41, 5.74) is 17.6. The summed E-state index contributed by atoms with van der Waals surface area (Å²) in [5.74, 6) is 2.15. The fourth-order valence-corrected chi connectivity index (χ4v) is 8.60. The SMILES string of the molecule is Cc1cc(C)c(N(c2ccc(N(c3ccncn3)c3nc(-c4ccccc4)nc(-c4cc(-c5ccccc5)cc(-c5ccccc5)c4)n3)cc2)c2c(C)cc(C)cc2C)c(C)c1. The van der Waals surface area contributed by atoms with Crippen LogP contribution in [0.15, 0.2) is 176 Å². The van der Waals surface area contributed by atoms with Crippen molar-refractivity contribution in [2.24, 2.45) is 0 Å². The third kappa shape index (κ3) is 8.08. The van der Waals surface area contributed by atoms with Gasteiger partial charge in [0.15, 0.2) is 11.6 Å². The minimum atomic E-state index is 0.430. The second-order valence-corrected chi connectivity index (χ2v) is 15.9. The van der Waals surface area contributed by atoms with E-state index < -0.39 is 0 Å². The Morgan fingerprint density at radius 3 is 1.24 bits per heavy atom. The van der Waals surface area contributed by atoms with E-state index >= 15 is 0 Å². The molecule has 0 amide bonds. The monoisotopic (exact) mass is 805 g/mol. The zero-order valence-corrected chi connectivity index (χ0v) is 35.9. The fraction of sp³-hybridized carbons (Fsp3) is 0.109. The van der Waals surface area contributed by atoms with E-state index in [1.165, 1.54) is 44.8 Å². The van der Waals surface area contributed by atoms with Gasteiger partial charge in [0.25, 0.3) is 0 Å². The molecule has 0 aliphatic rings. The summed E-state index contributed by atoms with van der Waals surface area (Å²) in [6, 6.07) is 57.0. The Morgan fingerprint density at radius 2 is 0.790 bits per heavy atom. The predicted molar refractivity (Wildman–Crippen MR) is 255 cm³/mol. The number of hydrogen-bond acceptors (Lipinski definition) is 7. The molecular formula is C55H47N7. The van der Waals surface area contributed by atoms with Crippen LogP contribution in [0.4, 0.5) is 34.5 Å². The molecule has 62 heavy (non-hydrogen) atoms. The number of nitrogens with zero attached hydrogens (tertiary/aromatic N) is 7. The standard InChI is InChI=1S/C55H47N7/c1-36-28-38(3)51(39(4)29-36)62(52-40(5)30-37(2)31-41(52)6)49-24-22-48(23-25-49)61(50-26-27-56-35-57-50)55-59-53(44-20-14-9-15-21-44)58-54(60-55)47-33-45(42-16-10-7-11-17-42)32-46(34-47)43-18-12-8-13-19-43/h7-35H,1-6H3. The number of aromatic nitrogens is 5. The van der Waals surface area contributed by atoms with E-state index in [9.17, 15) is 0 Å². The quantitative estimate of drug-likeness (QED) is 0.136. The van der Waals surface area contributed by atoms with Crippen LogP contribution in [0, 0.1) is 41.5 Å². The van der Waals surface area contributed by atoms with Gasteiger partial charge in [0, 0.05) is 23.0 Å². The average molecular weight is 806 g/mol. The van der Waals surface area contributed by atoms with Crippen molar-refractivity contribution < 1.29 is 0 Å². The van der Waals surface area contributed by atoms with Gasteiger partial charge in [-0.3, -0.25) is 4.90 Å². The lowest BCUT2D eigenvalue weighted by molar-refractivity contribution is 0.999. The molecule has 0 saturated carbocycles. The van der Waals surface area contributed by atoms with Crippen LogP contribution in [0.5, 0.6) is 0 Å². The van der Waals surface area contributed by atoms with E-state index in [-0.39, 0.29) is 0 Å². The van der Waals surface area contributed by atoms with Crippen LogP contribution in [-0.2, 0) is 0 Å². The van der Waals surface area contributed by atoms with Crippen LogP contribution in [0.3, 0.4) is 0 Å². The number of rotatable bonds is 10. The maximum Gasteiger partial charge on any atom is 0.239 e. The minimum Gasteiger partial charge on any atom is -0.309 e. The maximum atomic E-state index is 5.30. The molecule has 2 heterocycles. The van der Waals surface area contributed by atoms with Crippen LogP contribution < -0.4 is 9.80 Å². The number of anilines is 6. The van der Waals surface area contributed by atoms with Crippen molar-refractivity contribution in [3.8, 4) is 45.0 Å². The molecule has 0 radical (unpaired) electrons. The first-order valence-electron chi connectivity index (χ1n) is 20.9. The summed E-state index contributed by atoms with van der Waals surface area (Å²) in [6.07, 6.45) is 3.30. The average Bonchev–Trinajstić information content (AvgIpc) is 3.29. The highest BCUT2D eigenvalue weighted by atomic mass is 15.3. The molecule has 0 spiro atoms. The predicted octanol–water partition coefficient (Wildman–Crippen LogP) is 14.1. The Hall–Kier alpha value is -7.77. The van der Waals surface area contributed by atoms with E-state index in [0.717, 1.165) is 44.8 Å². The molecule has 7 aromatic carbocycles. The zero-order chi connectivity index (χ0) is 42.7. The lowest BCUT2D eigenvalue weighted by Gasteiger charge is -2.32. The molecule has 302 valence electrons. The molecule has 9 aromatic rings. The first-order valence-corrected chi connectivity index (χ1v) is 20.9. The molecule has 0 atom stereocenters. The molecule has 0 N–H and O–H groups in total. The molecule has 0 bridgehead atoms. The van der Waals surface area contributed by atoms with Crippen molar-refractivity contribution in [2.75, 3.05) is 9.80 Å². The van der Waals surface area contributed by atoms with Gasteiger partial charge >= 0.3 is 0 Å². The highest BCUT2D eigenvalue weighted by Crippen LogP contribution is 2.44. The third-order valence-electron chi connectivity index (χ3n) is 11.1. The number of aryl methyl sites for hydroxylation is 6. The van der Waals surface area contributed by atoms with E-state index in [1.807, 2.05) is 53.4 Å². The van der Waals surface area contributed by atoms with Crippen molar-refractivity contribution in [3.05, 3.63) is 210 Å². The molecule has 9 rings (SSSR count). The Labute approximate surface area is 364 Å². The molecule has 0 aliphatic carbocycles. The maximum absolute atomic E-state index is 5.30. The second kappa shape index (κ2) is 17.1. The summed E-state index contributed by atoms with van der Waals surface area (Å²) in [5, 5.41) is 0.